The molecule has 0 bridgehead atoms. The van der Waals surface area contributed by atoms with Crippen molar-refractivity contribution in [3.05, 3.63) is 42.1 Å². The van der Waals surface area contributed by atoms with Crippen molar-refractivity contribution >= 4 is 17.6 Å². The minimum atomic E-state index is -0.0881. The number of likely N-dealkylation sites (tertiary alicyclic amines) is 1. The van der Waals surface area contributed by atoms with E-state index >= 15 is 0 Å². The van der Waals surface area contributed by atoms with Gasteiger partial charge in [0.05, 0.1) is 13.3 Å². The van der Waals surface area contributed by atoms with Gasteiger partial charge in [-0.25, -0.2) is 4.68 Å². The molecule has 0 atom stereocenters. The third-order valence-corrected chi connectivity index (χ3v) is 4.89. The molecule has 0 unspecified atom stereocenters. The number of aromatic nitrogens is 2. The molecule has 144 valence electrons. The molecule has 27 heavy (non-hydrogen) atoms. The number of nitrogens with zero attached hydrogens (tertiary/aromatic N) is 3. The first-order valence-corrected chi connectivity index (χ1v) is 9.38. The summed E-state index contributed by atoms with van der Waals surface area (Å²) in [7, 11) is 1.60. The van der Waals surface area contributed by atoms with E-state index < -0.39 is 0 Å². The lowest BCUT2D eigenvalue weighted by atomic mass is 9.95. The van der Waals surface area contributed by atoms with Crippen LogP contribution in [-0.2, 0) is 11.3 Å². The van der Waals surface area contributed by atoms with Gasteiger partial charge in [-0.15, -0.1) is 0 Å². The Morgan fingerprint density at radius 2 is 1.89 bits per heavy atom. The second kappa shape index (κ2) is 8.70. The van der Waals surface area contributed by atoms with E-state index in [-0.39, 0.29) is 17.7 Å². The van der Waals surface area contributed by atoms with Crippen molar-refractivity contribution in [2.24, 2.45) is 5.92 Å². The van der Waals surface area contributed by atoms with E-state index in [1.54, 1.807) is 42.3 Å². The molecule has 1 aromatic carbocycles. The summed E-state index contributed by atoms with van der Waals surface area (Å²) in [4.78, 5) is 27.0. The number of hydrogen-bond donors (Lipinski definition) is 1. The minimum absolute atomic E-state index is 0.00228. The van der Waals surface area contributed by atoms with Crippen LogP contribution in [0.1, 0.15) is 36.5 Å². The van der Waals surface area contributed by atoms with Crippen LogP contribution in [0.15, 0.2) is 36.5 Å². The van der Waals surface area contributed by atoms with E-state index in [1.807, 2.05) is 11.0 Å². The van der Waals surface area contributed by atoms with Crippen molar-refractivity contribution in [2.75, 3.05) is 25.5 Å². The van der Waals surface area contributed by atoms with Gasteiger partial charge in [-0.05, 0) is 43.5 Å². The third kappa shape index (κ3) is 4.48. The molecule has 1 saturated heterocycles. The molecular weight excluding hydrogens is 344 g/mol. The first-order chi connectivity index (χ1) is 13.1. The van der Waals surface area contributed by atoms with Gasteiger partial charge in [-0.2, -0.15) is 5.10 Å². The monoisotopic (exact) mass is 370 g/mol. The first kappa shape index (κ1) is 18.9. The van der Waals surface area contributed by atoms with Crippen molar-refractivity contribution in [1.82, 2.24) is 14.7 Å². The standard InChI is InChI=1S/C20H26N4O3/c1-3-12-24-18(8-11-21-24)22-19(25)15-9-13-23(14-10-15)20(26)16-4-6-17(27-2)7-5-16/h4-8,11,15H,3,9-10,12-14H2,1-2H3,(H,22,25). The summed E-state index contributed by atoms with van der Waals surface area (Å²) in [5.74, 6) is 1.37. The molecule has 2 amide bonds. The Hall–Kier alpha value is -2.83. The SMILES string of the molecule is CCCn1nccc1NC(=O)C1CCN(C(=O)c2ccc(OC)cc2)CC1. The predicted molar refractivity (Wildman–Crippen MR) is 103 cm³/mol. The van der Waals surface area contributed by atoms with Crippen molar-refractivity contribution in [3.8, 4) is 5.75 Å². The van der Waals surface area contributed by atoms with Crippen LogP contribution in [0.2, 0.25) is 0 Å². The number of ether oxygens (including phenoxy) is 1. The fourth-order valence-corrected chi connectivity index (χ4v) is 3.32. The number of carbonyl (C=O) groups excluding carboxylic acids is 2. The van der Waals surface area contributed by atoms with Crippen LogP contribution in [0.5, 0.6) is 5.75 Å². The molecule has 1 fully saturated rings. The van der Waals surface area contributed by atoms with Crippen LogP contribution >= 0.6 is 0 Å². The molecule has 1 aromatic heterocycles. The fraction of sp³-hybridized carbons (Fsp3) is 0.450. The van der Waals surface area contributed by atoms with Crippen molar-refractivity contribution in [2.45, 2.75) is 32.7 Å². The summed E-state index contributed by atoms with van der Waals surface area (Å²) in [6.07, 6.45) is 3.98. The van der Waals surface area contributed by atoms with Crippen LogP contribution in [0.25, 0.3) is 0 Å². The second-order valence-electron chi connectivity index (χ2n) is 6.72. The van der Waals surface area contributed by atoms with Gasteiger partial charge in [0.25, 0.3) is 5.91 Å². The van der Waals surface area contributed by atoms with E-state index in [0.717, 1.165) is 24.5 Å². The smallest absolute Gasteiger partial charge is 0.253 e. The van der Waals surface area contributed by atoms with Crippen LogP contribution in [0, 0.1) is 5.92 Å². The molecule has 2 heterocycles. The molecule has 7 nitrogen and oxygen atoms in total. The molecule has 1 aliphatic rings. The molecule has 7 heteroatoms. The largest absolute Gasteiger partial charge is 0.497 e. The maximum Gasteiger partial charge on any atom is 0.253 e. The number of rotatable bonds is 6. The summed E-state index contributed by atoms with van der Waals surface area (Å²) < 4.78 is 6.93. The number of aryl methyl sites for hydroxylation is 1. The van der Waals surface area contributed by atoms with Gasteiger partial charge in [-0.1, -0.05) is 6.92 Å². The number of benzene rings is 1. The van der Waals surface area contributed by atoms with Gasteiger partial charge in [0.2, 0.25) is 5.91 Å². The maximum absolute atomic E-state index is 12.6. The van der Waals surface area contributed by atoms with Crippen molar-refractivity contribution in [3.63, 3.8) is 0 Å². The average Bonchev–Trinajstić information content (AvgIpc) is 3.14. The van der Waals surface area contributed by atoms with Crippen molar-refractivity contribution in [1.29, 1.82) is 0 Å². The Morgan fingerprint density at radius 1 is 1.19 bits per heavy atom. The van der Waals surface area contributed by atoms with Gasteiger partial charge in [0.1, 0.15) is 11.6 Å². The Bertz CT molecular complexity index is 777. The number of methoxy groups -OCH3 is 1. The van der Waals surface area contributed by atoms with Gasteiger partial charge in [-0.3, -0.25) is 9.59 Å². The van der Waals surface area contributed by atoms with Crippen LogP contribution in [0.4, 0.5) is 5.82 Å². The van der Waals surface area contributed by atoms with E-state index in [4.69, 9.17) is 4.74 Å². The van der Waals surface area contributed by atoms with E-state index in [1.165, 1.54) is 0 Å². The number of hydrogen-bond acceptors (Lipinski definition) is 4. The molecule has 0 aliphatic carbocycles. The Labute approximate surface area is 159 Å². The van der Waals surface area contributed by atoms with Gasteiger partial charge in [0.15, 0.2) is 0 Å². The summed E-state index contributed by atoms with van der Waals surface area (Å²) in [6.45, 7) is 4.01. The van der Waals surface area contributed by atoms with Gasteiger partial charge >= 0.3 is 0 Å². The highest BCUT2D eigenvalue weighted by Crippen LogP contribution is 2.22. The number of piperidine rings is 1. The predicted octanol–water partition coefficient (Wildman–Crippen LogP) is 2.79. The Kier molecular flexibility index (Phi) is 6.11. The molecule has 0 saturated carbocycles. The summed E-state index contributed by atoms with van der Waals surface area (Å²) in [5, 5.41) is 7.20. The lowest BCUT2D eigenvalue weighted by Crippen LogP contribution is -2.41. The number of anilines is 1. The summed E-state index contributed by atoms with van der Waals surface area (Å²) in [5.41, 5.74) is 0.641. The van der Waals surface area contributed by atoms with Crippen LogP contribution in [0.3, 0.4) is 0 Å². The molecule has 0 radical (unpaired) electrons. The number of carbonyl (C=O) groups is 2. The highest BCUT2D eigenvalue weighted by atomic mass is 16.5. The maximum atomic E-state index is 12.6. The highest BCUT2D eigenvalue weighted by molar-refractivity contribution is 5.95. The van der Waals surface area contributed by atoms with Gasteiger partial charge < -0.3 is 15.0 Å². The minimum Gasteiger partial charge on any atom is -0.497 e. The first-order valence-electron chi connectivity index (χ1n) is 9.38. The zero-order valence-corrected chi connectivity index (χ0v) is 15.9. The van der Waals surface area contributed by atoms with E-state index in [9.17, 15) is 9.59 Å². The van der Waals surface area contributed by atoms with E-state index in [0.29, 0.717) is 31.5 Å². The zero-order valence-electron chi connectivity index (χ0n) is 15.9. The molecule has 0 spiro atoms. The van der Waals surface area contributed by atoms with Crippen molar-refractivity contribution < 1.29 is 14.3 Å². The number of nitrogens with one attached hydrogen (secondary N) is 1. The highest BCUT2D eigenvalue weighted by Gasteiger charge is 2.28. The van der Waals surface area contributed by atoms with Crippen LogP contribution in [-0.4, -0.2) is 46.7 Å². The number of amides is 2. The zero-order chi connectivity index (χ0) is 19.2. The second-order valence-corrected chi connectivity index (χ2v) is 6.72. The topological polar surface area (TPSA) is 76.5 Å². The van der Waals surface area contributed by atoms with Crippen LogP contribution < -0.4 is 10.1 Å². The Balaban J connectivity index is 1.53. The Morgan fingerprint density at radius 3 is 2.52 bits per heavy atom. The molecule has 1 aliphatic heterocycles. The molecular formula is C20H26N4O3. The average molecular weight is 370 g/mol. The van der Waals surface area contributed by atoms with Gasteiger partial charge in [0, 0.05) is 37.2 Å². The molecule has 2 aromatic rings. The lowest BCUT2D eigenvalue weighted by molar-refractivity contribution is -0.121. The third-order valence-electron chi connectivity index (χ3n) is 4.89. The lowest BCUT2D eigenvalue weighted by Gasteiger charge is -2.31. The molecule has 3 rings (SSSR count). The molecule has 1 N–H and O–H groups in total. The summed E-state index contributed by atoms with van der Waals surface area (Å²) >= 11 is 0. The van der Waals surface area contributed by atoms with E-state index in [2.05, 4.69) is 17.3 Å². The quantitative estimate of drug-likeness (QED) is 0.848. The summed E-state index contributed by atoms with van der Waals surface area (Å²) in [6, 6.07) is 8.93. The fourth-order valence-electron chi connectivity index (χ4n) is 3.32. The normalized spacial score (nSPS) is 14.8.